The second-order valence-electron chi connectivity index (χ2n) is 7.80. The van der Waals surface area contributed by atoms with Crippen molar-refractivity contribution >= 4 is 11.6 Å². The predicted molar refractivity (Wildman–Crippen MR) is 116 cm³/mol. The molecule has 1 saturated heterocycles. The number of carbonyl (C=O) groups excluding carboxylic acids is 1. The molecule has 1 amide bonds. The van der Waals surface area contributed by atoms with E-state index in [1.54, 1.807) is 11.6 Å². The molecule has 1 aromatic heterocycles. The van der Waals surface area contributed by atoms with Gasteiger partial charge >= 0.3 is 0 Å². The van der Waals surface area contributed by atoms with Crippen LogP contribution in [0.25, 0.3) is 0 Å². The maximum absolute atomic E-state index is 13.2. The molecule has 3 aromatic rings. The van der Waals surface area contributed by atoms with E-state index < -0.39 is 6.04 Å². The Labute approximate surface area is 181 Å². The lowest BCUT2D eigenvalue weighted by molar-refractivity contribution is -0.125. The molecule has 1 fully saturated rings. The molecule has 4 rings (SSSR count). The van der Waals surface area contributed by atoms with Crippen LogP contribution in [-0.4, -0.2) is 45.2 Å². The molecule has 8 heteroatoms. The fraction of sp³-hybridized carbons (Fsp3) is 0.348. The maximum Gasteiger partial charge on any atom is 0.245 e. The number of aromatic nitrogens is 4. The van der Waals surface area contributed by atoms with Gasteiger partial charge in [-0.3, -0.25) is 4.79 Å². The summed E-state index contributed by atoms with van der Waals surface area (Å²) in [4.78, 5) is 15.5. The SMILES string of the molecule is Cc1nnnn1C(Cc1ccccc1)C(=O)NC1CCN(c2ccc(C#N)cc2)CC1. The molecule has 0 aliphatic carbocycles. The Morgan fingerprint density at radius 1 is 1.16 bits per heavy atom. The van der Waals surface area contributed by atoms with E-state index in [-0.39, 0.29) is 11.9 Å². The van der Waals surface area contributed by atoms with Crippen LogP contribution >= 0.6 is 0 Å². The van der Waals surface area contributed by atoms with Gasteiger partial charge in [0.15, 0.2) is 0 Å². The molecule has 2 heterocycles. The van der Waals surface area contributed by atoms with Crippen molar-refractivity contribution in [1.29, 1.82) is 5.26 Å². The Morgan fingerprint density at radius 3 is 2.48 bits per heavy atom. The van der Waals surface area contributed by atoms with Crippen LogP contribution in [0.1, 0.15) is 35.8 Å². The van der Waals surface area contributed by atoms with E-state index >= 15 is 0 Å². The molecule has 1 aliphatic heterocycles. The number of hydrogen-bond donors (Lipinski definition) is 1. The zero-order valence-corrected chi connectivity index (χ0v) is 17.5. The van der Waals surface area contributed by atoms with E-state index in [1.165, 1.54) is 0 Å². The summed E-state index contributed by atoms with van der Waals surface area (Å²) in [5.74, 6) is 0.558. The summed E-state index contributed by atoms with van der Waals surface area (Å²) in [5, 5.41) is 23.9. The van der Waals surface area contributed by atoms with Crippen LogP contribution in [0.3, 0.4) is 0 Å². The van der Waals surface area contributed by atoms with Gasteiger partial charge in [0, 0.05) is 31.2 Å². The summed E-state index contributed by atoms with van der Waals surface area (Å²) in [7, 11) is 0. The largest absolute Gasteiger partial charge is 0.371 e. The Kier molecular flexibility index (Phi) is 6.22. The van der Waals surface area contributed by atoms with Gasteiger partial charge in [0.05, 0.1) is 11.6 Å². The molecule has 0 radical (unpaired) electrons. The van der Waals surface area contributed by atoms with Crippen molar-refractivity contribution in [3.05, 3.63) is 71.5 Å². The lowest BCUT2D eigenvalue weighted by Gasteiger charge is -2.34. The van der Waals surface area contributed by atoms with Crippen molar-refractivity contribution in [1.82, 2.24) is 25.5 Å². The van der Waals surface area contributed by atoms with Crippen molar-refractivity contribution in [3.8, 4) is 6.07 Å². The summed E-state index contributed by atoms with van der Waals surface area (Å²) in [5.41, 5.74) is 2.83. The Balaban J connectivity index is 1.39. The molecule has 1 atom stereocenters. The minimum atomic E-state index is -0.492. The third kappa shape index (κ3) is 4.89. The Bertz CT molecular complexity index is 1050. The molecular weight excluding hydrogens is 390 g/mol. The zero-order valence-electron chi connectivity index (χ0n) is 17.5. The van der Waals surface area contributed by atoms with E-state index in [1.807, 2.05) is 54.6 Å². The topological polar surface area (TPSA) is 99.7 Å². The number of benzene rings is 2. The summed E-state index contributed by atoms with van der Waals surface area (Å²) in [6.07, 6.45) is 2.25. The van der Waals surface area contributed by atoms with Gasteiger partial charge in [-0.25, -0.2) is 4.68 Å². The highest BCUT2D eigenvalue weighted by Crippen LogP contribution is 2.22. The summed E-state index contributed by atoms with van der Waals surface area (Å²) in [6, 6.07) is 19.3. The molecule has 8 nitrogen and oxygen atoms in total. The second kappa shape index (κ2) is 9.39. The summed E-state index contributed by atoms with van der Waals surface area (Å²) in [6.45, 7) is 3.51. The Hall–Kier alpha value is -3.73. The maximum atomic E-state index is 13.2. The number of amides is 1. The summed E-state index contributed by atoms with van der Waals surface area (Å²) < 4.78 is 1.61. The molecule has 0 saturated carbocycles. The number of hydrogen-bond acceptors (Lipinski definition) is 6. The highest BCUT2D eigenvalue weighted by Gasteiger charge is 2.28. The highest BCUT2D eigenvalue weighted by atomic mass is 16.2. The van der Waals surface area contributed by atoms with Crippen LogP contribution in [0, 0.1) is 18.3 Å². The molecule has 1 unspecified atom stereocenters. The quantitative estimate of drug-likeness (QED) is 0.664. The van der Waals surface area contributed by atoms with Gasteiger partial charge in [0.2, 0.25) is 5.91 Å². The first kappa shape index (κ1) is 20.5. The smallest absolute Gasteiger partial charge is 0.245 e. The first-order valence-corrected chi connectivity index (χ1v) is 10.5. The second-order valence-corrected chi connectivity index (χ2v) is 7.80. The number of nitriles is 1. The van der Waals surface area contributed by atoms with Crippen molar-refractivity contribution < 1.29 is 4.79 Å². The molecule has 0 bridgehead atoms. The van der Waals surface area contributed by atoms with Crippen LogP contribution in [0.2, 0.25) is 0 Å². The first-order chi connectivity index (χ1) is 15.1. The number of tetrazole rings is 1. The van der Waals surface area contributed by atoms with E-state index in [2.05, 4.69) is 31.8 Å². The first-order valence-electron chi connectivity index (χ1n) is 10.5. The lowest BCUT2D eigenvalue weighted by Crippen LogP contribution is -2.47. The number of carbonyl (C=O) groups is 1. The minimum absolute atomic E-state index is 0.0592. The number of aryl methyl sites for hydroxylation is 1. The molecule has 0 spiro atoms. The van der Waals surface area contributed by atoms with Crippen LogP contribution < -0.4 is 10.2 Å². The van der Waals surface area contributed by atoms with E-state index in [9.17, 15) is 4.79 Å². The number of nitrogens with one attached hydrogen (secondary N) is 1. The Morgan fingerprint density at radius 2 is 1.87 bits per heavy atom. The number of nitrogens with zero attached hydrogens (tertiary/aromatic N) is 6. The van der Waals surface area contributed by atoms with E-state index in [0.717, 1.165) is 37.2 Å². The standard InChI is InChI=1S/C23H25N7O/c1-17-26-27-28-30(17)22(15-18-5-3-2-4-6-18)23(31)25-20-11-13-29(14-12-20)21-9-7-19(16-24)8-10-21/h2-10,20,22H,11-15H2,1H3,(H,25,31). The minimum Gasteiger partial charge on any atom is -0.371 e. The van der Waals surface area contributed by atoms with Gasteiger partial charge in [-0.1, -0.05) is 30.3 Å². The molecule has 1 aliphatic rings. The van der Waals surface area contributed by atoms with Gasteiger partial charge in [0.1, 0.15) is 11.9 Å². The van der Waals surface area contributed by atoms with Gasteiger partial charge in [-0.15, -0.1) is 5.10 Å². The van der Waals surface area contributed by atoms with Crippen molar-refractivity contribution in [2.45, 2.75) is 38.3 Å². The monoisotopic (exact) mass is 415 g/mol. The highest BCUT2D eigenvalue weighted by molar-refractivity contribution is 5.81. The fourth-order valence-electron chi connectivity index (χ4n) is 3.98. The lowest BCUT2D eigenvalue weighted by atomic mass is 10.0. The molecule has 158 valence electrons. The number of anilines is 1. The van der Waals surface area contributed by atoms with Crippen molar-refractivity contribution in [2.24, 2.45) is 0 Å². The van der Waals surface area contributed by atoms with Crippen molar-refractivity contribution in [2.75, 3.05) is 18.0 Å². The van der Waals surface area contributed by atoms with Gasteiger partial charge < -0.3 is 10.2 Å². The van der Waals surface area contributed by atoms with E-state index in [4.69, 9.17) is 5.26 Å². The van der Waals surface area contributed by atoms with Crippen LogP contribution in [-0.2, 0) is 11.2 Å². The van der Waals surface area contributed by atoms with Crippen LogP contribution in [0.15, 0.2) is 54.6 Å². The fourth-order valence-corrected chi connectivity index (χ4v) is 3.98. The molecule has 1 N–H and O–H groups in total. The van der Waals surface area contributed by atoms with Gasteiger partial charge in [0.25, 0.3) is 0 Å². The third-order valence-electron chi connectivity index (χ3n) is 5.73. The normalized spacial score (nSPS) is 15.3. The molecule has 31 heavy (non-hydrogen) atoms. The van der Waals surface area contributed by atoms with Gasteiger partial charge in [-0.2, -0.15) is 5.26 Å². The molecular formula is C23H25N7O. The average molecular weight is 416 g/mol. The van der Waals surface area contributed by atoms with Crippen molar-refractivity contribution in [3.63, 3.8) is 0 Å². The van der Waals surface area contributed by atoms with Crippen LogP contribution in [0.5, 0.6) is 0 Å². The molecule has 2 aromatic carbocycles. The van der Waals surface area contributed by atoms with Crippen LogP contribution in [0.4, 0.5) is 5.69 Å². The predicted octanol–water partition coefficient (Wildman–Crippen LogP) is 2.42. The average Bonchev–Trinajstić information content (AvgIpc) is 3.24. The summed E-state index contributed by atoms with van der Waals surface area (Å²) >= 11 is 0. The van der Waals surface area contributed by atoms with Gasteiger partial charge in [-0.05, 0) is 60.0 Å². The van der Waals surface area contributed by atoms with E-state index in [0.29, 0.717) is 17.8 Å². The zero-order chi connectivity index (χ0) is 21.6. The third-order valence-corrected chi connectivity index (χ3v) is 5.73. The number of piperidine rings is 1. The number of rotatable bonds is 6.